The molecule has 0 saturated heterocycles. The third kappa shape index (κ3) is 3.78. The number of aromatic nitrogens is 2. The van der Waals surface area contributed by atoms with Crippen molar-refractivity contribution in [3.63, 3.8) is 0 Å². The molecule has 122 valence electrons. The van der Waals surface area contributed by atoms with Crippen LogP contribution in [-0.2, 0) is 6.54 Å². The second-order valence-corrected chi connectivity index (χ2v) is 5.46. The number of imidazole rings is 1. The number of carbonyl (C=O) groups excluding carboxylic acids is 1. The van der Waals surface area contributed by atoms with E-state index < -0.39 is 5.91 Å². The van der Waals surface area contributed by atoms with Gasteiger partial charge in [-0.2, -0.15) is 0 Å². The molecular formula is C18H17N3O3. The summed E-state index contributed by atoms with van der Waals surface area (Å²) in [5.41, 5.74) is 0.698. The summed E-state index contributed by atoms with van der Waals surface area (Å²) in [5.74, 6) is -0.0187. The minimum Gasteiger partial charge on any atom is -0.456 e. The first-order valence-electron chi connectivity index (χ1n) is 7.55. The Bertz CT molecular complexity index is 870. The van der Waals surface area contributed by atoms with E-state index in [0.717, 1.165) is 5.56 Å². The van der Waals surface area contributed by atoms with Crippen molar-refractivity contribution >= 4 is 5.91 Å². The molecule has 24 heavy (non-hydrogen) atoms. The number of hydrogen-bond donors (Lipinski definition) is 1. The monoisotopic (exact) mass is 323 g/mol. The molecule has 1 amide bonds. The maximum Gasteiger partial charge on any atom is 0.287 e. The highest BCUT2D eigenvalue weighted by Crippen LogP contribution is 2.16. The van der Waals surface area contributed by atoms with Gasteiger partial charge >= 0.3 is 0 Å². The van der Waals surface area contributed by atoms with Gasteiger partial charge < -0.3 is 14.3 Å². The van der Waals surface area contributed by atoms with E-state index in [-0.39, 0.29) is 17.2 Å². The number of hydrogen-bond acceptors (Lipinski definition) is 4. The van der Waals surface area contributed by atoms with Crippen molar-refractivity contribution in [3.05, 3.63) is 88.5 Å². The van der Waals surface area contributed by atoms with E-state index in [4.69, 9.17) is 4.42 Å². The van der Waals surface area contributed by atoms with Gasteiger partial charge in [-0.3, -0.25) is 9.59 Å². The van der Waals surface area contributed by atoms with Crippen molar-refractivity contribution in [3.8, 4) is 0 Å². The predicted molar refractivity (Wildman–Crippen MR) is 88.6 cm³/mol. The molecule has 1 aromatic carbocycles. The summed E-state index contributed by atoms with van der Waals surface area (Å²) in [6, 6.07) is 11.9. The van der Waals surface area contributed by atoms with Crippen LogP contribution in [0, 0.1) is 6.92 Å². The highest BCUT2D eigenvalue weighted by molar-refractivity contribution is 5.91. The van der Waals surface area contributed by atoms with Crippen LogP contribution in [0.4, 0.5) is 0 Å². The summed E-state index contributed by atoms with van der Waals surface area (Å²) in [5, 5.41) is 2.92. The molecule has 3 aromatic rings. The zero-order chi connectivity index (χ0) is 16.9. The third-order valence-electron chi connectivity index (χ3n) is 3.57. The maximum absolute atomic E-state index is 12.5. The average molecular weight is 323 g/mol. The molecule has 1 N–H and O–H groups in total. The number of nitrogens with one attached hydrogen (secondary N) is 1. The zero-order valence-electron chi connectivity index (χ0n) is 13.2. The van der Waals surface area contributed by atoms with Crippen molar-refractivity contribution < 1.29 is 9.21 Å². The van der Waals surface area contributed by atoms with Gasteiger partial charge in [-0.15, -0.1) is 0 Å². The first kappa shape index (κ1) is 15.7. The standard InChI is InChI=1S/C18H17N3O3/c1-13-9-15(22)10-17(24-13)18(23)20-16(11-21-8-7-19-12-21)14-5-3-2-4-6-14/h2-10,12,16H,11H2,1H3,(H,20,23)/t16-/m1/s1. The van der Waals surface area contributed by atoms with E-state index in [0.29, 0.717) is 12.3 Å². The molecule has 0 radical (unpaired) electrons. The van der Waals surface area contributed by atoms with Crippen LogP contribution in [-0.4, -0.2) is 15.5 Å². The fraction of sp³-hybridized carbons (Fsp3) is 0.167. The first-order chi connectivity index (χ1) is 11.6. The van der Waals surface area contributed by atoms with Crippen molar-refractivity contribution in [2.45, 2.75) is 19.5 Å². The molecule has 1 atom stereocenters. The fourth-order valence-corrected chi connectivity index (χ4v) is 2.47. The van der Waals surface area contributed by atoms with Crippen molar-refractivity contribution in [1.29, 1.82) is 0 Å². The lowest BCUT2D eigenvalue weighted by molar-refractivity contribution is 0.0900. The minimum atomic E-state index is -0.426. The molecule has 0 bridgehead atoms. The molecule has 0 aliphatic carbocycles. The highest BCUT2D eigenvalue weighted by Gasteiger charge is 2.18. The van der Waals surface area contributed by atoms with Gasteiger partial charge in [-0.25, -0.2) is 4.98 Å². The largest absolute Gasteiger partial charge is 0.456 e. The van der Waals surface area contributed by atoms with Crippen LogP contribution in [0.3, 0.4) is 0 Å². The Morgan fingerprint density at radius 1 is 1.29 bits per heavy atom. The normalized spacial score (nSPS) is 11.9. The highest BCUT2D eigenvalue weighted by atomic mass is 16.3. The van der Waals surface area contributed by atoms with Crippen molar-refractivity contribution in [2.75, 3.05) is 0 Å². The maximum atomic E-state index is 12.5. The fourth-order valence-electron chi connectivity index (χ4n) is 2.47. The number of aryl methyl sites for hydroxylation is 1. The molecule has 6 nitrogen and oxygen atoms in total. The average Bonchev–Trinajstić information content (AvgIpc) is 3.07. The van der Waals surface area contributed by atoms with Crippen LogP contribution in [0.15, 0.2) is 70.4 Å². The van der Waals surface area contributed by atoms with E-state index in [1.54, 1.807) is 19.4 Å². The van der Waals surface area contributed by atoms with Gasteiger partial charge in [0.2, 0.25) is 0 Å². The van der Waals surface area contributed by atoms with Gasteiger partial charge in [-0.05, 0) is 12.5 Å². The summed E-state index contributed by atoms with van der Waals surface area (Å²) in [6.07, 6.45) is 5.20. The van der Waals surface area contributed by atoms with Crippen LogP contribution in [0.5, 0.6) is 0 Å². The molecule has 0 unspecified atom stereocenters. The summed E-state index contributed by atoms with van der Waals surface area (Å²) in [6.45, 7) is 2.16. The number of carbonyl (C=O) groups is 1. The summed E-state index contributed by atoms with van der Waals surface area (Å²) in [4.78, 5) is 28.1. The van der Waals surface area contributed by atoms with E-state index in [1.807, 2.05) is 41.1 Å². The predicted octanol–water partition coefficient (Wildman–Crippen LogP) is 2.32. The van der Waals surface area contributed by atoms with Gasteiger partial charge in [0.15, 0.2) is 11.2 Å². The summed E-state index contributed by atoms with van der Waals surface area (Å²) < 4.78 is 7.24. The Hall–Kier alpha value is -3.15. The van der Waals surface area contributed by atoms with Gasteiger partial charge in [-0.1, -0.05) is 30.3 Å². The topological polar surface area (TPSA) is 77.1 Å². The lowest BCUT2D eigenvalue weighted by Crippen LogP contribution is -2.31. The van der Waals surface area contributed by atoms with Crippen LogP contribution < -0.4 is 10.7 Å². The summed E-state index contributed by atoms with van der Waals surface area (Å²) >= 11 is 0. The lowest BCUT2D eigenvalue weighted by atomic mass is 10.1. The Labute approximate surface area is 138 Å². The summed E-state index contributed by atoms with van der Waals surface area (Å²) in [7, 11) is 0. The molecule has 3 rings (SSSR count). The van der Waals surface area contributed by atoms with Crippen molar-refractivity contribution in [2.24, 2.45) is 0 Å². The van der Waals surface area contributed by atoms with E-state index in [1.165, 1.54) is 12.1 Å². The van der Waals surface area contributed by atoms with Gasteiger partial charge in [0.05, 0.1) is 12.4 Å². The van der Waals surface area contributed by atoms with Crippen LogP contribution >= 0.6 is 0 Å². The molecule has 0 spiro atoms. The molecule has 2 heterocycles. The molecule has 6 heteroatoms. The molecular weight excluding hydrogens is 306 g/mol. The molecule has 0 aliphatic heterocycles. The van der Waals surface area contributed by atoms with E-state index >= 15 is 0 Å². The lowest BCUT2D eigenvalue weighted by Gasteiger charge is -2.19. The number of benzene rings is 1. The SMILES string of the molecule is Cc1cc(=O)cc(C(=O)N[C@H](Cn2ccnc2)c2ccccc2)o1. The van der Waals surface area contributed by atoms with E-state index in [9.17, 15) is 9.59 Å². The first-order valence-corrected chi connectivity index (χ1v) is 7.55. The third-order valence-corrected chi connectivity index (χ3v) is 3.57. The second-order valence-electron chi connectivity index (χ2n) is 5.46. The van der Waals surface area contributed by atoms with Crippen LogP contribution in [0.1, 0.15) is 27.9 Å². The van der Waals surface area contributed by atoms with Gasteiger partial charge in [0.25, 0.3) is 5.91 Å². The molecule has 2 aromatic heterocycles. The minimum absolute atomic E-state index is 0.00608. The Morgan fingerprint density at radius 3 is 2.75 bits per heavy atom. The van der Waals surface area contributed by atoms with Gasteiger partial charge in [0, 0.05) is 31.1 Å². The zero-order valence-corrected chi connectivity index (χ0v) is 13.2. The Morgan fingerprint density at radius 2 is 2.08 bits per heavy atom. The number of amides is 1. The van der Waals surface area contributed by atoms with Gasteiger partial charge in [0.1, 0.15) is 5.76 Å². The molecule has 0 fully saturated rings. The quantitative estimate of drug-likeness (QED) is 0.781. The van der Waals surface area contributed by atoms with E-state index in [2.05, 4.69) is 10.3 Å². The second kappa shape index (κ2) is 6.95. The van der Waals surface area contributed by atoms with Crippen LogP contribution in [0.2, 0.25) is 0 Å². The number of nitrogens with zero attached hydrogens (tertiary/aromatic N) is 2. The van der Waals surface area contributed by atoms with Crippen molar-refractivity contribution in [1.82, 2.24) is 14.9 Å². The Kier molecular flexibility index (Phi) is 4.56. The molecule has 0 aliphatic rings. The number of rotatable bonds is 5. The smallest absolute Gasteiger partial charge is 0.287 e. The van der Waals surface area contributed by atoms with Crippen LogP contribution in [0.25, 0.3) is 0 Å². The molecule has 0 saturated carbocycles. The Balaban J connectivity index is 1.85.